The summed E-state index contributed by atoms with van der Waals surface area (Å²) in [5.74, 6) is -1.000. The fourth-order valence-electron chi connectivity index (χ4n) is 2.02. The summed E-state index contributed by atoms with van der Waals surface area (Å²) in [6.45, 7) is 0.155. The lowest BCUT2D eigenvalue weighted by Crippen LogP contribution is -2.43. The maximum Gasteiger partial charge on any atom is 0.251 e. The molecule has 130 valence electrons. The Bertz CT molecular complexity index is 733. The van der Waals surface area contributed by atoms with Gasteiger partial charge >= 0.3 is 0 Å². The van der Waals surface area contributed by atoms with Crippen LogP contribution in [0.15, 0.2) is 54.6 Å². The van der Waals surface area contributed by atoms with Gasteiger partial charge in [0.25, 0.3) is 5.91 Å². The van der Waals surface area contributed by atoms with Crippen molar-refractivity contribution in [2.24, 2.45) is 0 Å². The first-order valence-corrected chi connectivity index (χ1v) is 8.08. The van der Waals surface area contributed by atoms with E-state index in [2.05, 4.69) is 16.2 Å². The molecule has 0 saturated carbocycles. The lowest BCUT2D eigenvalue weighted by atomic mass is 10.1. The molecule has 0 saturated heterocycles. The van der Waals surface area contributed by atoms with E-state index >= 15 is 0 Å². The van der Waals surface area contributed by atoms with Crippen LogP contribution in [0.3, 0.4) is 0 Å². The van der Waals surface area contributed by atoms with Gasteiger partial charge in [-0.2, -0.15) is 0 Å². The molecular weight excluding hydrogens is 342 g/mol. The van der Waals surface area contributed by atoms with Gasteiger partial charge in [0.2, 0.25) is 11.8 Å². The predicted molar refractivity (Wildman–Crippen MR) is 94.8 cm³/mol. The third-order valence-corrected chi connectivity index (χ3v) is 3.54. The molecule has 25 heavy (non-hydrogen) atoms. The van der Waals surface area contributed by atoms with E-state index in [1.165, 1.54) is 0 Å². The Kier molecular flexibility index (Phi) is 6.98. The van der Waals surface area contributed by atoms with Gasteiger partial charge in [-0.1, -0.05) is 41.9 Å². The largest absolute Gasteiger partial charge is 0.352 e. The van der Waals surface area contributed by atoms with Crippen molar-refractivity contribution in [3.8, 4) is 0 Å². The van der Waals surface area contributed by atoms with Crippen LogP contribution in [0, 0.1) is 0 Å². The average molecular weight is 360 g/mol. The normalized spacial score (nSPS) is 9.96. The highest BCUT2D eigenvalue weighted by Crippen LogP contribution is 2.09. The predicted octanol–water partition coefficient (Wildman–Crippen LogP) is 1.85. The highest BCUT2D eigenvalue weighted by molar-refractivity contribution is 6.30. The average Bonchev–Trinajstić information content (AvgIpc) is 2.61. The number of halogens is 1. The Morgan fingerprint density at radius 3 is 2.16 bits per heavy atom. The number of benzene rings is 2. The quantitative estimate of drug-likeness (QED) is 0.688. The Labute approximate surface area is 150 Å². The maximum absolute atomic E-state index is 11.9. The van der Waals surface area contributed by atoms with Crippen LogP contribution >= 0.6 is 11.6 Å². The van der Waals surface area contributed by atoms with E-state index in [4.69, 9.17) is 11.6 Å². The van der Waals surface area contributed by atoms with E-state index in [9.17, 15) is 14.4 Å². The number of hydrazine groups is 1. The Hall–Kier alpha value is -2.86. The molecule has 0 atom stereocenters. The molecule has 0 spiro atoms. The summed E-state index contributed by atoms with van der Waals surface area (Å²) < 4.78 is 0. The first-order chi connectivity index (χ1) is 12.0. The van der Waals surface area contributed by atoms with Gasteiger partial charge in [-0.05, 0) is 29.8 Å². The Morgan fingerprint density at radius 2 is 1.48 bits per heavy atom. The van der Waals surface area contributed by atoms with Crippen LogP contribution in [-0.4, -0.2) is 24.3 Å². The van der Waals surface area contributed by atoms with E-state index < -0.39 is 5.91 Å². The van der Waals surface area contributed by atoms with E-state index in [1.807, 2.05) is 30.3 Å². The molecule has 2 rings (SSSR count). The number of carbonyl (C=O) groups excluding carboxylic acids is 3. The molecule has 0 aliphatic carbocycles. The SMILES string of the molecule is O=C(CCNC(=O)c1ccc(Cl)cc1)NNC(=O)Cc1ccccc1. The zero-order valence-corrected chi connectivity index (χ0v) is 14.2. The van der Waals surface area contributed by atoms with Crippen LogP contribution in [-0.2, 0) is 16.0 Å². The minimum absolute atomic E-state index is 0.0466. The molecule has 0 heterocycles. The summed E-state index contributed by atoms with van der Waals surface area (Å²) in [5, 5.41) is 3.16. The number of amides is 3. The van der Waals surface area contributed by atoms with Crippen molar-refractivity contribution >= 4 is 29.3 Å². The molecule has 0 bridgehead atoms. The standard InChI is InChI=1S/C18H18ClN3O3/c19-15-8-6-14(7-9-15)18(25)20-11-10-16(23)21-22-17(24)12-13-4-2-1-3-5-13/h1-9H,10-12H2,(H,20,25)(H,21,23)(H,22,24). The summed E-state index contributed by atoms with van der Waals surface area (Å²) in [4.78, 5) is 35.2. The van der Waals surface area contributed by atoms with E-state index in [1.54, 1.807) is 24.3 Å². The molecule has 0 radical (unpaired) electrons. The number of hydrogen-bond acceptors (Lipinski definition) is 3. The minimum Gasteiger partial charge on any atom is -0.352 e. The zero-order valence-electron chi connectivity index (χ0n) is 13.4. The second-order valence-electron chi connectivity index (χ2n) is 5.27. The van der Waals surface area contributed by atoms with Crippen molar-refractivity contribution in [2.45, 2.75) is 12.8 Å². The van der Waals surface area contributed by atoms with E-state index in [0.29, 0.717) is 10.6 Å². The van der Waals surface area contributed by atoms with Crippen molar-refractivity contribution in [1.29, 1.82) is 0 Å². The molecule has 0 aromatic heterocycles. The summed E-state index contributed by atoms with van der Waals surface area (Å²) in [6, 6.07) is 15.6. The third kappa shape index (κ3) is 6.64. The van der Waals surface area contributed by atoms with Crippen molar-refractivity contribution in [1.82, 2.24) is 16.2 Å². The molecule has 0 aliphatic rings. The molecular formula is C18H18ClN3O3. The fourth-order valence-corrected chi connectivity index (χ4v) is 2.15. The van der Waals surface area contributed by atoms with Crippen LogP contribution in [0.25, 0.3) is 0 Å². The zero-order chi connectivity index (χ0) is 18.1. The molecule has 2 aromatic rings. The van der Waals surface area contributed by atoms with Crippen LogP contribution in [0.2, 0.25) is 5.02 Å². The Balaban J connectivity index is 1.64. The lowest BCUT2D eigenvalue weighted by Gasteiger charge is -2.08. The van der Waals surface area contributed by atoms with Gasteiger partial charge in [-0.15, -0.1) is 0 Å². The topological polar surface area (TPSA) is 87.3 Å². The first-order valence-electron chi connectivity index (χ1n) is 7.70. The lowest BCUT2D eigenvalue weighted by molar-refractivity contribution is -0.128. The molecule has 7 heteroatoms. The summed E-state index contributed by atoms with van der Waals surface area (Å²) in [7, 11) is 0. The maximum atomic E-state index is 11.9. The molecule has 2 aromatic carbocycles. The van der Waals surface area contributed by atoms with Crippen molar-refractivity contribution in [3.63, 3.8) is 0 Å². The number of nitrogens with one attached hydrogen (secondary N) is 3. The van der Waals surface area contributed by atoms with Gasteiger partial charge in [-0.3, -0.25) is 25.2 Å². The van der Waals surface area contributed by atoms with Gasteiger partial charge < -0.3 is 5.32 Å². The highest BCUT2D eigenvalue weighted by Gasteiger charge is 2.08. The van der Waals surface area contributed by atoms with Gasteiger partial charge in [0, 0.05) is 23.6 Å². The second kappa shape index (κ2) is 9.44. The highest BCUT2D eigenvalue weighted by atomic mass is 35.5. The molecule has 0 unspecified atom stereocenters. The summed E-state index contributed by atoms with van der Waals surface area (Å²) in [5.41, 5.74) is 5.97. The van der Waals surface area contributed by atoms with Crippen LogP contribution in [0.5, 0.6) is 0 Å². The third-order valence-electron chi connectivity index (χ3n) is 3.29. The minimum atomic E-state index is -0.391. The smallest absolute Gasteiger partial charge is 0.251 e. The Morgan fingerprint density at radius 1 is 0.840 bits per heavy atom. The van der Waals surface area contributed by atoms with Gasteiger partial charge in [-0.25, -0.2) is 0 Å². The summed E-state index contributed by atoms with van der Waals surface area (Å²) in [6.07, 6.45) is 0.222. The van der Waals surface area contributed by atoms with Crippen molar-refractivity contribution < 1.29 is 14.4 Å². The van der Waals surface area contributed by atoms with Crippen LogP contribution < -0.4 is 16.2 Å². The van der Waals surface area contributed by atoms with Gasteiger partial charge in [0.15, 0.2) is 0 Å². The molecule has 3 N–H and O–H groups in total. The number of rotatable bonds is 6. The van der Waals surface area contributed by atoms with Crippen LogP contribution in [0.1, 0.15) is 22.3 Å². The van der Waals surface area contributed by atoms with Gasteiger partial charge in [0.1, 0.15) is 0 Å². The van der Waals surface area contributed by atoms with Crippen molar-refractivity contribution in [2.75, 3.05) is 6.54 Å². The molecule has 3 amide bonds. The van der Waals surface area contributed by atoms with Gasteiger partial charge in [0.05, 0.1) is 6.42 Å². The fraction of sp³-hybridized carbons (Fsp3) is 0.167. The number of hydrogen-bond donors (Lipinski definition) is 3. The van der Waals surface area contributed by atoms with Crippen LogP contribution in [0.4, 0.5) is 0 Å². The first kappa shape index (κ1) is 18.5. The molecule has 0 fully saturated rings. The monoisotopic (exact) mass is 359 g/mol. The molecule has 0 aliphatic heterocycles. The number of carbonyl (C=O) groups is 3. The van der Waals surface area contributed by atoms with E-state index in [0.717, 1.165) is 5.56 Å². The summed E-state index contributed by atoms with van der Waals surface area (Å²) >= 11 is 5.75. The van der Waals surface area contributed by atoms with Crippen molar-refractivity contribution in [3.05, 3.63) is 70.7 Å². The van der Waals surface area contributed by atoms with E-state index in [-0.39, 0.29) is 31.2 Å². The second-order valence-corrected chi connectivity index (χ2v) is 5.71. The molecule has 6 nitrogen and oxygen atoms in total.